The molecule has 0 saturated heterocycles. The standard InChI is InChI=1S/C19H24ClN3O3S/c1-7-25-18(24)17-13(5)22-27-19(17)26-16-9-14(20)15(8-12(16)4)21-10-23(6)11(2)3/h8-11H,7H2,1-6H3/b21-10+. The number of esters is 1. The molecule has 0 N–H and O–H groups in total. The first-order valence-corrected chi connectivity index (χ1v) is 9.77. The minimum absolute atomic E-state index is 0.288. The fraction of sp³-hybridized carbons (Fsp3) is 0.421. The Labute approximate surface area is 168 Å². The Bertz CT molecular complexity index is 849. The van der Waals surface area contributed by atoms with E-state index in [1.807, 2.05) is 24.9 Å². The first-order valence-electron chi connectivity index (χ1n) is 8.62. The average Bonchev–Trinajstić information content (AvgIpc) is 2.96. The highest BCUT2D eigenvalue weighted by atomic mass is 35.5. The molecule has 27 heavy (non-hydrogen) atoms. The van der Waals surface area contributed by atoms with E-state index >= 15 is 0 Å². The summed E-state index contributed by atoms with van der Waals surface area (Å²) in [7, 11) is 1.95. The maximum atomic E-state index is 12.2. The van der Waals surface area contributed by atoms with Gasteiger partial charge in [0.2, 0.25) is 5.06 Å². The van der Waals surface area contributed by atoms with Crippen LogP contribution in [0, 0.1) is 13.8 Å². The molecule has 2 rings (SSSR count). The molecule has 0 fully saturated rings. The number of rotatable bonds is 7. The molecular weight excluding hydrogens is 386 g/mol. The van der Waals surface area contributed by atoms with Crippen LogP contribution in [-0.4, -0.2) is 41.3 Å². The Hall–Kier alpha value is -2.12. The maximum absolute atomic E-state index is 12.2. The molecule has 0 amide bonds. The number of halogens is 1. The number of benzene rings is 1. The molecule has 146 valence electrons. The summed E-state index contributed by atoms with van der Waals surface area (Å²) >= 11 is 7.48. The minimum Gasteiger partial charge on any atom is -0.462 e. The molecule has 0 aliphatic carbocycles. The van der Waals surface area contributed by atoms with Crippen LogP contribution >= 0.6 is 23.1 Å². The Morgan fingerprint density at radius 1 is 1.41 bits per heavy atom. The highest BCUT2D eigenvalue weighted by Crippen LogP contribution is 2.38. The van der Waals surface area contributed by atoms with E-state index in [9.17, 15) is 4.79 Å². The summed E-state index contributed by atoms with van der Waals surface area (Å²) in [6.07, 6.45) is 1.75. The van der Waals surface area contributed by atoms with Crippen LogP contribution < -0.4 is 4.74 Å². The maximum Gasteiger partial charge on any atom is 0.344 e. The predicted molar refractivity (Wildman–Crippen MR) is 110 cm³/mol. The molecule has 0 bridgehead atoms. The number of hydrogen-bond donors (Lipinski definition) is 0. The Balaban J connectivity index is 2.29. The smallest absolute Gasteiger partial charge is 0.344 e. The summed E-state index contributed by atoms with van der Waals surface area (Å²) in [5.74, 6) is 0.103. The topological polar surface area (TPSA) is 64.0 Å². The lowest BCUT2D eigenvalue weighted by atomic mass is 10.2. The quantitative estimate of drug-likeness (QED) is 0.349. The van der Waals surface area contributed by atoms with E-state index in [2.05, 4.69) is 23.2 Å². The molecule has 1 heterocycles. The zero-order valence-electron chi connectivity index (χ0n) is 16.4. The highest BCUT2D eigenvalue weighted by molar-refractivity contribution is 7.08. The molecule has 0 spiro atoms. The van der Waals surface area contributed by atoms with Gasteiger partial charge in [0.1, 0.15) is 11.3 Å². The Kier molecular flexibility index (Phi) is 7.21. The van der Waals surface area contributed by atoms with Crippen molar-refractivity contribution in [1.29, 1.82) is 0 Å². The fourth-order valence-electron chi connectivity index (χ4n) is 2.10. The van der Waals surface area contributed by atoms with Gasteiger partial charge in [0.05, 0.1) is 29.3 Å². The van der Waals surface area contributed by atoms with Gasteiger partial charge >= 0.3 is 5.97 Å². The summed E-state index contributed by atoms with van der Waals surface area (Å²) in [5, 5.41) is 0.851. The summed E-state index contributed by atoms with van der Waals surface area (Å²) in [6, 6.07) is 3.88. The molecular formula is C19H24ClN3O3S. The molecule has 2 aromatic rings. The van der Waals surface area contributed by atoms with Gasteiger partial charge in [-0.3, -0.25) is 0 Å². The molecule has 6 nitrogen and oxygen atoms in total. The van der Waals surface area contributed by atoms with Crippen LogP contribution in [0.2, 0.25) is 5.02 Å². The molecule has 0 aliphatic rings. The van der Waals surface area contributed by atoms with Crippen LogP contribution in [0.5, 0.6) is 10.8 Å². The number of nitrogens with zero attached hydrogens (tertiary/aromatic N) is 3. The van der Waals surface area contributed by atoms with Gasteiger partial charge in [-0.15, -0.1) is 0 Å². The van der Waals surface area contributed by atoms with Crippen molar-refractivity contribution < 1.29 is 14.3 Å². The summed E-state index contributed by atoms with van der Waals surface area (Å²) in [4.78, 5) is 18.6. The predicted octanol–water partition coefficient (Wildman–Crippen LogP) is 5.38. The van der Waals surface area contributed by atoms with E-state index in [0.717, 1.165) is 17.1 Å². The van der Waals surface area contributed by atoms with Crippen molar-refractivity contribution in [2.24, 2.45) is 4.99 Å². The molecule has 8 heteroatoms. The van der Waals surface area contributed by atoms with E-state index in [1.165, 1.54) is 0 Å². The van der Waals surface area contributed by atoms with Crippen molar-refractivity contribution in [3.63, 3.8) is 0 Å². The zero-order chi connectivity index (χ0) is 20.1. The van der Waals surface area contributed by atoms with Crippen molar-refractivity contribution in [3.8, 4) is 10.8 Å². The van der Waals surface area contributed by atoms with Gasteiger partial charge in [0.25, 0.3) is 0 Å². The van der Waals surface area contributed by atoms with E-state index < -0.39 is 5.97 Å². The first kappa shape index (κ1) is 21.2. The van der Waals surface area contributed by atoms with Crippen molar-refractivity contribution in [3.05, 3.63) is 34.0 Å². The number of carbonyl (C=O) groups excluding carboxylic acids is 1. The van der Waals surface area contributed by atoms with Gasteiger partial charge in [0, 0.05) is 30.7 Å². The monoisotopic (exact) mass is 409 g/mol. The van der Waals surface area contributed by atoms with Gasteiger partial charge in [-0.1, -0.05) is 11.6 Å². The number of aromatic nitrogens is 1. The number of aryl methyl sites for hydroxylation is 2. The Morgan fingerprint density at radius 2 is 2.11 bits per heavy atom. The third-order valence-corrected chi connectivity index (χ3v) is 5.07. The van der Waals surface area contributed by atoms with Crippen molar-refractivity contribution in [2.75, 3.05) is 13.7 Å². The SMILES string of the molecule is CCOC(=O)c1c(C)nsc1Oc1cc(Cl)c(/N=C/N(C)C(C)C)cc1C. The fourth-order valence-corrected chi connectivity index (χ4v) is 3.06. The second-order valence-corrected chi connectivity index (χ2v) is 7.47. The summed E-state index contributed by atoms with van der Waals surface area (Å²) < 4.78 is 15.2. The van der Waals surface area contributed by atoms with E-state index in [0.29, 0.717) is 38.8 Å². The van der Waals surface area contributed by atoms with E-state index in [-0.39, 0.29) is 6.61 Å². The van der Waals surface area contributed by atoms with Gasteiger partial charge in [0.15, 0.2) is 0 Å². The van der Waals surface area contributed by atoms with Crippen molar-refractivity contribution in [1.82, 2.24) is 9.27 Å². The average molecular weight is 410 g/mol. The number of ether oxygens (including phenoxy) is 2. The zero-order valence-corrected chi connectivity index (χ0v) is 17.9. The second-order valence-electron chi connectivity index (χ2n) is 6.33. The number of hydrogen-bond acceptors (Lipinski definition) is 6. The van der Waals surface area contributed by atoms with Gasteiger partial charge in [-0.25, -0.2) is 9.79 Å². The van der Waals surface area contributed by atoms with E-state index in [1.54, 1.807) is 26.3 Å². The normalized spacial score (nSPS) is 11.3. The van der Waals surface area contributed by atoms with Crippen molar-refractivity contribution in [2.45, 2.75) is 40.7 Å². The third kappa shape index (κ3) is 5.20. The molecule has 1 aromatic heterocycles. The second kappa shape index (κ2) is 9.19. The molecule has 0 saturated carbocycles. The molecule has 1 aromatic carbocycles. The molecule has 0 unspecified atom stereocenters. The Morgan fingerprint density at radius 3 is 2.74 bits per heavy atom. The van der Waals surface area contributed by atoms with Gasteiger partial charge in [-0.2, -0.15) is 4.37 Å². The summed E-state index contributed by atoms with van der Waals surface area (Å²) in [5.41, 5.74) is 2.42. The lowest BCUT2D eigenvalue weighted by molar-refractivity contribution is 0.0523. The van der Waals surface area contributed by atoms with Crippen LogP contribution in [0.4, 0.5) is 5.69 Å². The summed E-state index contributed by atoms with van der Waals surface area (Å²) in [6.45, 7) is 9.85. The largest absolute Gasteiger partial charge is 0.462 e. The van der Waals surface area contributed by atoms with Gasteiger partial charge < -0.3 is 14.4 Å². The van der Waals surface area contributed by atoms with Crippen LogP contribution in [0.3, 0.4) is 0 Å². The van der Waals surface area contributed by atoms with Crippen LogP contribution in [0.25, 0.3) is 0 Å². The minimum atomic E-state index is -0.444. The number of carbonyl (C=O) groups is 1. The highest BCUT2D eigenvalue weighted by Gasteiger charge is 2.22. The number of aliphatic imine (C=N–C) groups is 1. The molecule has 0 atom stereocenters. The van der Waals surface area contributed by atoms with Crippen LogP contribution in [-0.2, 0) is 4.74 Å². The van der Waals surface area contributed by atoms with Crippen LogP contribution in [0.15, 0.2) is 17.1 Å². The van der Waals surface area contributed by atoms with Gasteiger partial charge in [-0.05, 0) is 46.2 Å². The lowest BCUT2D eigenvalue weighted by Crippen LogP contribution is -2.24. The van der Waals surface area contributed by atoms with Crippen molar-refractivity contribution >= 4 is 41.1 Å². The van der Waals surface area contributed by atoms with E-state index in [4.69, 9.17) is 21.1 Å². The lowest BCUT2D eigenvalue weighted by Gasteiger charge is -2.17. The molecule has 0 aliphatic heterocycles. The molecule has 0 radical (unpaired) electrons. The third-order valence-electron chi connectivity index (χ3n) is 3.95. The first-order chi connectivity index (χ1) is 12.7. The van der Waals surface area contributed by atoms with Crippen LogP contribution in [0.1, 0.15) is 42.4 Å².